The lowest BCUT2D eigenvalue weighted by molar-refractivity contribution is 0.0698. The maximum Gasteiger partial charge on any atom is 0.337 e. The molecule has 0 spiro atoms. The fraction of sp³-hybridized carbons (Fsp3) is 0.0714. The van der Waals surface area contributed by atoms with Gasteiger partial charge in [-0.1, -0.05) is 6.07 Å². The Morgan fingerprint density at radius 2 is 2.05 bits per heavy atom. The summed E-state index contributed by atoms with van der Waals surface area (Å²) in [5, 5.41) is 11.9. The Morgan fingerprint density at radius 1 is 1.30 bits per heavy atom. The van der Waals surface area contributed by atoms with Crippen molar-refractivity contribution in [3.8, 4) is 5.75 Å². The number of carbonyl (C=O) groups is 1. The first-order valence-corrected chi connectivity index (χ1v) is 5.75. The lowest BCUT2D eigenvalue weighted by atomic mass is 10.1. The summed E-state index contributed by atoms with van der Waals surface area (Å²) < 4.78 is 18.2. The van der Waals surface area contributed by atoms with Crippen LogP contribution in [0.2, 0.25) is 0 Å². The number of aromatic carboxylic acids is 1. The number of nitrogens with one attached hydrogen (secondary N) is 1. The zero-order chi connectivity index (χ0) is 14.7. The number of para-hydroxylation sites is 1. The number of ether oxygens (including phenoxy) is 1. The van der Waals surface area contributed by atoms with Gasteiger partial charge >= 0.3 is 5.97 Å². The molecule has 2 rings (SSSR count). The van der Waals surface area contributed by atoms with E-state index in [4.69, 9.17) is 15.6 Å². The average molecular weight is 276 g/mol. The van der Waals surface area contributed by atoms with Crippen molar-refractivity contribution in [1.82, 2.24) is 0 Å². The number of rotatable bonds is 4. The Bertz CT molecular complexity index is 659. The van der Waals surface area contributed by atoms with Gasteiger partial charge in [0.25, 0.3) is 0 Å². The molecule has 0 heterocycles. The maximum atomic E-state index is 13.1. The third kappa shape index (κ3) is 2.64. The summed E-state index contributed by atoms with van der Waals surface area (Å²) in [6.45, 7) is 0. The number of hydrogen-bond donors (Lipinski definition) is 3. The van der Waals surface area contributed by atoms with Crippen LogP contribution >= 0.6 is 0 Å². The van der Waals surface area contributed by atoms with E-state index < -0.39 is 11.8 Å². The van der Waals surface area contributed by atoms with Gasteiger partial charge in [-0.2, -0.15) is 0 Å². The van der Waals surface area contributed by atoms with Crippen molar-refractivity contribution < 1.29 is 19.0 Å². The standard InChI is InChI=1S/C14H13FN2O3/c1-20-12-7-8(15)5-6-10(12)17-11-4-2-3-9(13(11)16)14(18)19/h2-7,17H,16H2,1H3,(H,18,19). The van der Waals surface area contributed by atoms with E-state index >= 15 is 0 Å². The van der Waals surface area contributed by atoms with E-state index in [-0.39, 0.29) is 11.3 Å². The summed E-state index contributed by atoms with van der Waals surface area (Å²) in [6.07, 6.45) is 0. The van der Waals surface area contributed by atoms with Crippen molar-refractivity contribution in [3.63, 3.8) is 0 Å². The molecule has 4 N–H and O–H groups in total. The number of hydrogen-bond acceptors (Lipinski definition) is 4. The number of halogens is 1. The lowest BCUT2D eigenvalue weighted by Crippen LogP contribution is -2.05. The van der Waals surface area contributed by atoms with Gasteiger partial charge < -0.3 is 20.9 Å². The molecule has 0 aliphatic carbocycles. The van der Waals surface area contributed by atoms with E-state index in [2.05, 4.69) is 5.32 Å². The van der Waals surface area contributed by atoms with Crippen LogP contribution in [-0.4, -0.2) is 18.2 Å². The van der Waals surface area contributed by atoms with E-state index in [1.165, 1.54) is 31.4 Å². The third-order valence-electron chi connectivity index (χ3n) is 2.77. The Hall–Kier alpha value is -2.76. The summed E-state index contributed by atoms with van der Waals surface area (Å²) in [6, 6.07) is 8.58. The molecule has 2 aromatic carbocycles. The molecule has 0 atom stereocenters. The van der Waals surface area contributed by atoms with Gasteiger partial charge in [0, 0.05) is 6.07 Å². The number of benzene rings is 2. The highest BCUT2D eigenvalue weighted by Crippen LogP contribution is 2.32. The van der Waals surface area contributed by atoms with Gasteiger partial charge in [-0.3, -0.25) is 0 Å². The SMILES string of the molecule is COc1cc(F)ccc1Nc1cccc(C(=O)O)c1N. The van der Waals surface area contributed by atoms with E-state index in [1.54, 1.807) is 12.1 Å². The van der Waals surface area contributed by atoms with Crippen molar-refractivity contribution in [2.75, 3.05) is 18.2 Å². The molecular weight excluding hydrogens is 263 g/mol. The van der Waals surface area contributed by atoms with E-state index in [0.29, 0.717) is 17.1 Å². The molecule has 104 valence electrons. The number of nitrogen functional groups attached to an aromatic ring is 1. The summed E-state index contributed by atoms with van der Waals surface area (Å²) in [5.41, 5.74) is 6.80. The molecule has 0 aliphatic rings. The summed E-state index contributed by atoms with van der Waals surface area (Å²) in [5.74, 6) is -1.25. The average Bonchev–Trinajstić information content (AvgIpc) is 2.42. The van der Waals surface area contributed by atoms with Gasteiger partial charge in [-0.15, -0.1) is 0 Å². The van der Waals surface area contributed by atoms with Crippen molar-refractivity contribution in [1.29, 1.82) is 0 Å². The molecule has 0 saturated heterocycles. The summed E-state index contributed by atoms with van der Waals surface area (Å²) in [4.78, 5) is 11.0. The van der Waals surface area contributed by atoms with Gasteiger partial charge in [-0.05, 0) is 24.3 Å². The number of methoxy groups -OCH3 is 1. The molecule has 0 aromatic heterocycles. The molecule has 0 unspecified atom stereocenters. The Kier molecular flexibility index (Phi) is 3.74. The summed E-state index contributed by atoms with van der Waals surface area (Å²) >= 11 is 0. The van der Waals surface area contributed by atoms with Crippen molar-refractivity contribution in [3.05, 3.63) is 47.8 Å². The normalized spacial score (nSPS) is 10.1. The molecule has 5 nitrogen and oxygen atoms in total. The highest BCUT2D eigenvalue weighted by Gasteiger charge is 2.12. The second-order valence-electron chi connectivity index (χ2n) is 4.04. The molecule has 0 aliphatic heterocycles. The van der Waals surface area contributed by atoms with E-state index in [9.17, 15) is 9.18 Å². The first-order chi connectivity index (χ1) is 9.52. The number of carboxylic acids is 1. The second-order valence-corrected chi connectivity index (χ2v) is 4.04. The summed E-state index contributed by atoms with van der Waals surface area (Å²) in [7, 11) is 1.41. The van der Waals surface area contributed by atoms with E-state index in [0.717, 1.165) is 0 Å². The van der Waals surface area contributed by atoms with Crippen LogP contribution < -0.4 is 15.8 Å². The smallest absolute Gasteiger partial charge is 0.337 e. The van der Waals surface area contributed by atoms with Crippen molar-refractivity contribution in [2.45, 2.75) is 0 Å². The van der Waals surface area contributed by atoms with Gasteiger partial charge in [0.15, 0.2) is 0 Å². The largest absolute Gasteiger partial charge is 0.494 e. The highest BCUT2D eigenvalue weighted by molar-refractivity contribution is 5.97. The topological polar surface area (TPSA) is 84.6 Å². The van der Waals surface area contributed by atoms with Crippen LogP contribution in [0.15, 0.2) is 36.4 Å². The van der Waals surface area contributed by atoms with Crippen LogP contribution in [0, 0.1) is 5.82 Å². The minimum Gasteiger partial charge on any atom is -0.494 e. The van der Waals surface area contributed by atoms with Gasteiger partial charge in [-0.25, -0.2) is 9.18 Å². The molecule has 20 heavy (non-hydrogen) atoms. The molecule has 0 saturated carbocycles. The predicted octanol–water partition coefficient (Wildman–Crippen LogP) is 2.86. The van der Waals surface area contributed by atoms with Crippen LogP contribution in [0.5, 0.6) is 5.75 Å². The minimum absolute atomic E-state index is 0.00363. The zero-order valence-electron chi connectivity index (χ0n) is 10.7. The number of carboxylic acid groups (broad SMARTS) is 1. The minimum atomic E-state index is -1.11. The quantitative estimate of drug-likeness (QED) is 0.748. The Labute approximate surface area is 114 Å². The van der Waals surface area contributed by atoms with Gasteiger partial charge in [0.05, 0.1) is 29.7 Å². The van der Waals surface area contributed by atoms with Crippen molar-refractivity contribution in [2.24, 2.45) is 0 Å². The second kappa shape index (κ2) is 5.48. The first-order valence-electron chi connectivity index (χ1n) is 5.75. The monoisotopic (exact) mass is 276 g/mol. The predicted molar refractivity (Wildman–Crippen MR) is 74.0 cm³/mol. The Morgan fingerprint density at radius 3 is 2.70 bits per heavy atom. The van der Waals surface area contributed by atoms with Crippen LogP contribution in [-0.2, 0) is 0 Å². The lowest BCUT2D eigenvalue weighted by Gasteiger charge is -2.14. The molecule has 0 fully saturated rings. The van der Waals surface area contributed by atoms with E-state index in [1.807, 2.05) is 0 Å². The number of nitrogens with two attached hydrogens (primary N) is 1. The Balaban J connectivity index is 2.40. The molecule has 0 radical (unpaired) electrons. The van der Waals surface area contributed by atoms with Crippen molar-refractivity contribution >= 4 is 23.0 Å². The van der Waals surface area contributed by atoms with Crippen LogP contribution in [0.1, 0.15) is 10.4 Å². The fourth-order valence-electron chi connectivity index (χ4n) is 1.77. The van der Waals surface area contributed by atoms with Crippen LogP contribution in [0.25, 0.3) is 0 Å². The molecule has 6 heteroatoms. The molecule has 0 amide bonds. The molecular formula is C14H13FN2O3. The third-order valence-corrected chi connectivity index (χ3v) is 2.77. The first kappa shape index (κ1) is 13.7. The molecule has 2 aromatic rings. The number of anilines is 3. The van der Waals surface area contributed by atoms with Crippen LogP contribution in [0.3, 0.4) is 0 Å². The van der Waals surface area contributed by atoms with Gasteiger partial charge in [0.2, 0.25) is 0 Å². The molecule has 0 bridgehead atoms. The highest BCUT2D eigenvalue weighted by atomic mass is 19.1. The van der Waals surface area contributed by atoms with Gasteiger partial charge in [0.1, 0.15) is 11.6 Å². The maximum absolute atomic E-state index is 13.1. The fourth-order valence-corrected chi connectivity index (χ4v) is 1.77. The zero-order valence-corrected chi connectivity index (χ0v) is 10.7. The van der Waals surface area contributed by atoms with Crippen LogP contribution in [0.4, 0.5) is 21.5 Å².